The lowest BCUT2D eigenvalue weighted by molar-refractivity contribution is -0.142. The van der Waals surface area contributed by atoms with Gasteiger partial charge in [0.1, 0.15) is 0 Å². The molecular weight excluding hydrogens is 400 g/mol. The lowest BCUT2D eigenvalue weighted by atomic mass is 10.0. The summed E-state index contributed by atoms with van der Waals surface area (Å²) in [5.41, 5.74) is 2.89. The monoisotopic (exact) mass is 418 g/mol. The van der Waals surface area contributed by atoms with Gasteiger partial charge in [0, 0.05) is 10.6 Å². The van der Waals surface area contributed by atoms with Gasteiger partial charge >= 0.3 is 5.97 Å². The summed E-state index contributed by atoms with van der Waals surface area (Å²) in [6, 6.07) is 11.2. The summed E-state index contributed by atoms with van der Waals surface area (Å²) in [6.45, 7) is -0.463. The number of carbonyl (C=O) groups is 2. The van der Waals surface area contributed by atoms with Crippen molar-refractivity contribution in [3.63, 3.8) is 0 Å². The van der Waals surface area contributed by atoms with E-state index in [2.05, 4.69) is 0 Å². The fraction of sp³-hybridized carbons (Fsp3) is 0.333. The molecule has 5 nitrogen and oxygen atoms in total. The van der Waals surface area contributed by atoms with Gasteiger partial charge in [-0.15, -0.1) is 0 Å². The predicted octanol–water partition coefficient (Wildman–Crippen LogP) is 3.56. The summed E-state index contributed by atoms with van der Waals surface area (Å²) in [5.74, 6) is -1.19. The molecule has 0 aliphatic heterocycles. The van der Waals surface area contributed by atoms with E-state index in [1.165, 1.54) is 29.8 Å². The minimum absolute atomic E-state index is 0.0244. The molecule has 0 bridgehead atoms. The van der Waals surface area contributed by atoms with E-state index in [4.69, 9.17) is 16.3 Å². The smallest absolute Gasteiger partial charge is 0.328 e. The first kappa shape index (κ1) is 19.2. The fourth-order valence-corrected chi connectivity index (χ4v) is 5.62. The molecule has 2 aromatic rings. The summed E-state index contributed by atoms with van der Waals surface area (Å²) in [6.07, 6.45) is 3.41. The summed E-state index contributed by atoms with van der Waals surface area (Å²) in [4.78, 5) is 25.0. The molecule has 0 atom stereocenters. The SMILES string of the molecule is O=C(COC(=O)C1(S(=O)(=O)c2ccc(Cl)cc2)CC1)c1ccc2c(c1)CCC2. The van der Waals surface area contributed by atoms with E-state index in [1.54, 1.807) is 6.07 Å². The quantitative estimate of drug-likeness (QED) is 0.529. The van der Waals surface area contributed by atoms with Crippen LogP contribution in [-0.4, -0.2) is 31.5 Å². The molecule has 0 heterocycles. The van der Waals surface area contributed by atoms with Crippen LogP contribution in [0.1, 0.15) is 40.7 Å². The Morgan fingerprint density at radius 2 is 1.68 bits per heavy atom. The number of sulfone groups is 1. The van der Waals surface area contributed by atoms with Crippen molar-refractivity contribution in [2.75, 3.05) is 6.61 Å². The van der Waals surface area contributed by atoms with Crippen LogP contribution in [0.25, 0.3) is 0 Å². The van der Waals surface area contributed by atoms with Crippen LogP contribution < -0.4 is 0 Å². The molecule has 4 rings (SSSR count). The van der Waals surface area contributed by atoms with Gasteiger partial charge < -0.3 is 4.74 Å². The van der Waals surface area contributed by atoms with Crippen molar-refractivity contribution < 1.29 is 22.7 Å². The molecule has 2 aromatic carbocycles. The van der Waals surface area contributed by atoms with E-state index < -0.39 is 27.2 Å². The number of benzene rings is 2. The maximum atomic E-state index is 12.9. The summed E-state index contributed by atoms with van der Waals surface area (Å²) >= 11 is 5.81. The van der Waals surface area contributed by atoms with E-state index >= 15 is 0 Å². The zero-order valence-electron chi connectivity index (χ0n) is 15.1. The number of esters is 1. The van der Waals surface area contributed by atoms with Crippen LogP contribution in [0, 0.1) is 0 Å². The maximum Gasteiger partial charge on any atom is 0.328 e. The third kappa shape index (κ3) is 3.25. The molecule has 146 valence electrons. The van der Waals surface area contributed by atoms with Gasteiger partial charge in [0.15, 0.2) is 27.0 Å². The highest BCUT2D eigenvalue weighted by Gasteiger charge is 2.62. The van der Waals surface area contributed by atoms with Crippen LogP contribution in [0.15, 0.2) is 47.4 Å². The van der Waals surface area contributed by atoms with E-state index in [1.807, 2.05) is 12.1 Å². The minimum Gasteiger partial charge on any atom is -0.456 e. The first-order valence-electron chi connectivity index (χ1n) is 9.16. The van der Waals surface area contributed by atoms with Gasteiger partial charge in [0.05, 0.1) is 4.90 Å². The molecule has 0 N–H and O–H groups in total. The molecule has 0 unspecified atom stereocenters. The Bertz CT molecular complexity index is 1050. The van der Waals surface area contributed by atoms with Crippen molar-refractivity contribution in [3.8, 4) is 0 Å². The average molecular weight is 419 g/mol. The number of hydrogen-bond acceptors (Lipinski definition) is 5. The van der Waals surface area contributed by atoms with Gasteiger partial charge in [-0.05, 0) is 73.6 Å². The number of ether oxygens (including phenoxy) is 1. The van der Waals surface area contributed by atoms with E-state index in [0.29, 0.717) is 10.6 Å². The molecule has 0 radical (unpaired) electrons. The second-order valence-corrected chi connectivity index (χ2v) is 9.98. The predicted molar refractivity (Wildman–Crippen MR) is 104 cm³/mol. The highest BCUT2D eigenvalue weighted by molar-refractivity contribution is 7.94. The molecule has 2 aliphatic carbocycles. The van der Waals surface area contributed by atoms with Crippen molar-refractivity contribution in [1.82, 2.24) is 0 Å². The molecule has 28 heavy (non-hydrogen) atoms. The van der Waals surface area contributed by atoms with Crippen LogP contribution in [0.4, 0.5) is 0 Å². The van der Waals surface area contributed by atoms with Gasteiger partial charge in [0.2, 0.25) is 0 Å². The standard InChI is InChI=1S/C21H19ClO5S/c22-17-6-8-18(9-7-17)28(25,26)21(10-11-21)20(24)27-13-19(23)16-5-4-14-2-1-3-15(14)12-16/h4-9,12H,1-3,10-11,13H2. The lowest BCUT2D eigenvalue weighted by Crippen LogP contribution is -2.35. The Kier molecular flexibility index (Phi) is 4.79. The highest BCUT2D eigenvalue weighted by Crippen LogP contribution is 2.47. The molecule has 0 spiro atoms. The van der Waals surface area contributed by atoms with Gasteiger partial charge in [-0.3, -0.25) is 9.59 Å². The average Bonchev–Trinajstić information content (AvgIpc) is 3.38. The van der Waals surface area contributed by atoms with Crippen LogP contribution in [-0.2, 0) is 32.2 Å². The Morgan fingerprint density at radius 3 is 2.36 bits per heavy atom. The normalized spacial score (nSPS) is 17.0. The van der Waals surface area contributed by atoms with Gasteiger partial charge in [-0.2, -0.15) is 0 Å². The van der Waals surface area contributed by atoms with E-state index in [9.17, 15) is 18.0 Å². The van der Waals surface area contributed by atoms with E-state index in [-0.39, 0.29) is 23.5 Å². The van der Waals surface area contributed by atoms with Gasteiger partial charge in [-0.1, -0.05) is 23.7 Å². The maximum absolute atomic E-state index is 12.9. The largest absolute Gasteiger partial charge is 0.456 e. The number of Topliss-reactive ketones (excluding diaryl/α,β-unsaturated/α-hetero) is 1. The molecule has 0 saturated heterocycles. The molecule has 0 aromatic heterocycles. The number of aryl methyl sites for hydroxylation is 2. The Morgan fingerprint density at radius 1 is 1.00 bits per heavy atom. The molecule has 2 aliphatic rings. The Labute approximate surface area is 168 Å². The third-order valence-electron chi connectivity index (χ3n) is 5.47. The number of fused-ring (bicyclic) bond motifs is 1. The first-order valence-corrected chi connectivity index (χ1v) is 11.0. The van der Waals surface area contributed by atoms with Gasteiger partial charge in [0.25, 0.3) is 0 Å². The molecule has 1 fully saturated rings. The number of hydrogen-bond donors (Lipinski definition) is 0. The topological polar surface area (TPSA) is 77.5 Å². The number of halogens is 1. The lowest BCUT2D eigenvalue weighted by Gasteiger charge is -2.15. The summed E-state index contributed by atoms with van der Waals surface area (Å²) in [7, 11) is -3.91. The summed E-state index contributed by atoms with van der Waals surface area (Å²) < 4.78 is 29.3. The molecule has 7 heteroatoms. The van der Waals surface area contributed by atoms with Crippen molar-refractivity contribution in [3.05, 3.63) is 64.2 Å². The van der Waals surface area contributed by atoms with Crippen LogP contribution in [0.2, 0.25) is 5.02 Å². The summed E-state index contributed by atoms with van der Waals surface area (Å²) in [5, 5.41) is 0.409. The molecular formula is C21H19ClO5S. The zero-order chi connectivity index (χ0) is 19.9. The Hall–Kier alpha value is -2.18. The molecule has 0 amide bonds. The van der Waals surface area contributed by atoms with Crippen molar-refractivity contribution >= 4 is 33.2 Å². The van der Waals surface area contributed by atoms with Crippen LogP contribution in [0.3, 0.4) is 0 Å². The second kappa shape index (κ2) is 7.01. The number of rotatable bonds is 6. The number of carbonyl (C=O) groups excluding carboxylic acids is 2. The van der Waals surface area contributed by atoms with Crippen LogP contribution in [0.5, 0.6) is 0 Å². The highest BCUT2D eigenvalue weighted by atomic mass is 35.5. The van der Waals surface area contributed by atoms with Crippen molar-refractivity contribution in [2.24, 2.45) is 0 Å². The fourth-order valence-electron chi connectivity index (χ4n) is 3.63. The zero-order valence-corrected chi connectivity index (χ0v) is 16.7. The minimum atomic E-state index is -3.91. The Balaban J connectivity index is 1.46. The van der Waals surface area contributed by atoms with Crippen molar-refractivity contribution in [2.45, 2.75) is 41.7 Å². The molecule has 1 saturated carbocycles. The van der Waals surface area contributed by atoms with Crippen LogP contribution >= 0.6 is 11.6 Å². The van der Waals surface area contributed by atoms with E-state index in [0.717, 1.165) is 24.8 Å². The third-order valence-corrected chi connectivity index (χ3v) is 8.22. The van der Waals surface area contributed by atoms with Crippen molar-refractivity contribution in [1.29, 1.82) is 0 Å². The first-order chi connectivity index (χ1) is 13.3. The van der Waals surface area contributed by atoms with Gasteiger partial charge in [-0.25, -0.2) is 8.42 Å². The number of ketones is 1. The second-order valence-electron chi connectivity index (χ2n) is 7.29.